The summed E-state index contributed by atoms with van der Waals surface area (Å²) in [5.41, 5.74) is 4.11. The molecular formula is C35H42N4O3. The minimum absolute atomic E-state index is 0.144. The van der Waals surface area contributed by atoms with E-state index in [1.165, 1.54) is 5.56 Å². The highest BCUT2D eigenvalue weighted by atomic mass is 16.2. The van der Waals surface area contributed by atoms with Crippen molar-refractivity contribution >= 4 is 29.7 Å². The summed E-state index contributed by atoms with van der Waals surface area (Å²) in [6.45, 7) is 7.23. The molecule has 1 unspecified atom stereocenters. The molecule has 1 fully saturated rings. The predicted octanol–water partition coefficient (Wildman–Crippen LogP) is 4.89. The fraction of sp³-hybridized carbons (Fsp3) is 0.343. The summed E-state index contributed by atoms with van der Waals surface area (Å²) in [6.07, 6.45) is 6.14. The van der Waals surface area contributed by atoms with Crippen LogP contribution in [0.3, 0.4) is 0 Å². The molecule has 1 atom stereocenters. The molecule has 42 heavy (non-hydrogen) atoms. The van der Waals surface area contributed by atoms with E-state index >= 15 is 0 Å². The second kappa shape index (κ2) is 15.8. The van der Waals surface area contributed by atoms with Gasteiger partial charge < -0.3 is 15.5 Å². The summed E-state index contributed by atoms with van der Waals surface area (Å²) in [6, 6.07) is 24.0. The van der Waals surface area contributed by atoms with E-state index in [-0.39, 0.29) is 24.1 Å². The number of rotatable bonds is 13. The highest BCUT2D eigenvalue weighted by Crippen LogP contribution is 2.16. The molecule has 0 spiro atoms. The minimum Gasteiger partial charge on any atom is -0.345 e. The van der Waals surface area contributed by atoms with Gasteiger partial charge in [0.25, 0.3) is 11.8 Å². The van der Waals surface area contributed by atoms with Crippen LogP contribution in [0.1, 0.15) is 63.6 Å². The molecule has 1 aliphatic rings. The number of carbonyl (C=O) groups is 3. The maximum Gasteiger partial charge on any atom is 0.252 e. The van der Waals surface area contributed by atoms with Crippen LogP contribution < -0.4 is 10.6 Å². The van der Waals surface area contributed by atoms with E-state index in [0.717, 1.165) is 56.7 Å². The van der Waals surface area contributed by atoms with Crippen molar-refractivity contribution in [1.82, 2.24) is 20.4 Å². The molecule has 220 valence electrons. The molecule has 7 nitrogen and oxygen atoms in total. The molecule has 1 heterocycles. The van der Waals surface area contributed by atoms with E-state index in [9.17, 15) is 14.4 Å². The van der Waals surface area contributed by atoms with Gasteiger partial charge in [-0.25, -0.2) is 0 Å². The summed E-state index contributed by atoms with van der Waals surface area (Å²) < 4.78 is 0. The van der Waals surface area contributed by atoms with Gasteiger partial charge in [-0.3, -0.25) is 19.3 Å². The zero-order chi connectivity index (χ0) is 29.7. The number of carbonyl (C=O) groups excluding carboxylic acids is 3. The van der Waals surface area contributed by atoms with Crippen LogP contribution in [0.5, 0.6) is 0 Å². The molecule has 0 saturated carbocycles. The number of unbranched alkanes of at least 4 members (excludes halogenated alkanes) is 1. The second-order valence-corrected chi connectivity index (χ2v) is 10.9. The quantitative estimate of drug-likeness (QED) is 0.288. The maximum atomic E-state index is 13.4. The number of nitrogens with zero attached hydrogens (tertiary/aromatic N) is 2. The van der Waals surface area contributed by atoms with E-state index in [1.807, 2.05) is 43.3 Å². The van der Waals surface area contributed by atoms with Crippen molar-refractivity contribution in [3.05, 3.63) is 107 Å². The summed E-state index contributed by atoms with van der Waals surface area (Å²) >= 11 is 0. The van der Waals surface area contributed by atoms with Gasteiger partial charge in [0.1, 0.15) is 0 Å². The van der Waals surface area contributed by atoms with Crippen molar-refractivity contribution in [3.8, 4) is 0 Å². The molecule has 4 rings (SSSR count). The lowest BCUT2D eigenvalue weighted by Gasteiger charge is -2.32. The van der Waals surface area contributed by atoms with Gasteiger partial charge >= 0.3 is 0 Å². The van der Waals surface area contributed by atoms with Crippen molar-refractivity contribution in [1.29, 1.82) is 0 Å². The van der Waals surface area contributed by atoms with Gasteiger partial charge in [-0.05, 0) is 48.4 Å². The topological polar surface area (TPSA) is 81.8 Å². The van der Waals surface area contributed by atoms with Crippen molar-refractivity contribution in [2.24, 2.45) is 0 Å². The SMILES string of the molecule is CCCCC(NC(=O)c1ccccc1C=Cc1ccc(CN2CCN(C)CC2)cc1)C(=O)CNC(=O)c1ccccc1. The fourth-order valence-electron chi connectivity index (χ4n) is 4.97. The Kier molecular flexibility index (Phi) is 11.6. The number of Topliss-reactive ketones (excluding diaryl/α,β-unsaturated/α-hetero) is 1. The molecule has 0 radical (unpaired) electrons. The Morgan fingerprint density at radius 3 is 2.24 bits per heavy atom. The van der Waals surface area contributed by atoms with Crippen LogP contribution >= 0.6 is 0 Å². The van der Waals surface area contributed by atoms with Crippen molar-refractivity contribution < 1.29 is 14.4 Å². The van der Waals surface area contributed by atoms with Gasteiger partial charge in [-0.2, -0.15) is 0 Å². The lowest BCUT2D eigenvalue weighted by molar-refractivity contribution is -0.120. The number of hydrogen-bond acceptors (Lipinski definition) is 5. The second-order valence-electron chi connectivity index (χ2n) is 10.9. The Balaban J connectivity index is 1.37. The third-order valence-corrected chi connectivity index (χ3v) is 7.64. The molecule has 0 bridgehead atoms. The summed E-state index contributed by atoms with van der Waals surface area (Å²) in [5, 5.41) is 5.63. The summed E-state index contributed by atoms with van der Waals surface area (Å²) in [4.78, 5) is 43.7. The average molecular weight is 567 g/mol. The molecule has 3 aromatic rings. The number of piperazine rings is 1. The minimum atomic E-state index is -0.682. The third kappa shape index (κ3) is 9.23. The molecule has 3 aromatic carbocycles. The Morgan fingerprint density at radius 1 is 0.833 bits per heavy atom. The van der Waals surface area contributed by atoms with E-state index in [0.29, 0.717) is 17.5 Å². The van der Waals surface area contributed by atoms with Gasteiger partial charge in [0, 0.05) is 43.9 Å². The Morgan fingerprint density at radius 2 is 1.52 bits per heavy atom. The predicted molar refractivity (Wildman–Crippen MR) is 169 cm³/mol. The van der Waals surface area contributed by atoms with Gasteiger partial charge in [-0.15, -0.1) is 0 Å². The highest BCUT2D eigenvalue weighted by molar-refractivity contribution is 6.02. The maximum absolute atomic E-state index is 13.4. The van der Waals surface area contributed by atoms with Crippen LogP contribution in [-0.4, -0.2) is 73.2 Å². The van der Waals surface area contributed by atoms with Crippen molar-refractivity contribution in [3.63, 3.8) is 0 Å². The largest absolute Gasteiger partial charge is 0.345 e. The Labute approximate surface area is 249 Å². The van der Waals surface area contributed by atoms with Gasteiger partial charge in [-0.1, -0.05) is 92.6 Å². The smallest absolute Gasteiger partial charge is 0.252 e. The Bertz CT molecular complexity index is 1350. The number of likely N-dealkylation sites (N-methyl/N-ethyl adjacent to an activating group) is 1. The van der Waals surface area contributed by atoms with Gasteiger partial charge in [0.2, 0.25) is 0 Å². The number of benzene rings is 3. The lowest BCUT2D eigenvalue weighted by Crippen LogP contribution is -2.45. The monoisotopic (exact) mass is 566 g/mol. The standard InChI is InChI=1S/C35H42N4O3/c1-3-4-14-32(33(40)25-36-34(41)30-11-6-5-7-12-30)37-35(42)31-13-9-8-10-29(31)20-19-27-15-17-28(18-16-27)26-39-23-21-38(2)22-24-39/h5-13,15-20,32H,3-4,14,21-26H2,1-2H3,(H,36,41)(H,37,42). The number of amides is 2. The molecule has 1 saturated heterocycles. The van der Waals surface area contributed by atoms with Crippen LogP contribution in [0, 0.1) is 0 Å². The van der Waals surface area contributed by atoms with Crippen LogP contribution in [-0.2, 0) is 11.3 Å². The van der Waals surface area contributed by atoms with E-state index in [2.05, 4.69) is 51.7 Å². The molecule has 0 aromatic heterocycles. The van der Waals surface area contributed by atoms with Crippen LogP contribution in [0.15, 0.2) is 78.9 Å². The van der Waals surface area contributed by atoms with E-state index in [1.54, 1.807) is 30.3 Å². The van der Waals surface area contributed by atoms with Gasteiger partial charge in [0.05, 0.1) is 12.6 Å². The number of nitrogens with one attached hydrogen (secondary N) is 2. The summed E-state index contributed by atoms with van der Waals surface area (Å²) in [7, 11) is 2.17. The molecular weight excluding hydrogens is 524 g/mol. The van der Waals surface area contributed by atoms with Crippen LogP contribution in [0.25, 0.3) is 12.2 Å². The first kappa shape index (κ1) is 30.9. The number of hydrogen-bond donors (Lipinski definition) is 2. The van der Waals surface area contributed by atoms with Crippen molar-refractivity contribution in [2.75, 3.05) is 39.8 Å². The molecule has 2 amide bonds. The van der Waals surface area contributed by atoms with Crippen LogP contribution in [0.2, 0.25) is 0 Å². The lowest BCUT2D eigenvalue weighted by atomic mass is 10.0. The fourth-order valence-corrected chi connectivity index (χ4v) is 4.97. The molecule has 7 heteroatoms. The third-order valence-electron chi connectivity index (χ3n) is 7.64. The van der Waals surface area contributed by atoms with E-state index < -0.39 is 6.04 Å². The van der Waals surface area contributed by atoms with Crippen molar-refractivity contribution in [2.45, 2.75) is 38.8 Å². The molecule has 0 aliphatic carbocycles. The first-order valence-corrected chi connectivity index (χ1v) is 14.9. The first-order valence-electron chi connectivity index (χ1n) is 14.9. The first-order chi connectivity index (χ1) is 20.4. The summed E-state index contributed by atoms with van der Waals surface area (Å²) in [5.74, 6) is -0.834. The number of ketones is 1. The zero-order valence-electron chi connectivity index (χ0n) is 24.7. The molecule has 1 aliphatic heterocycles. The molecule has 2 N–H and O–H groups in total. The normalized spacial score (nSPS) is 14.9. The zero-order valence-corrected chi connectivity index (χ0v) is 24.7. The van der Waals surface area contributed by atoms with E-state index in [4.69, 9.17) is 0 Å². The van der Waals surface area contributed by atoms with Crippen LogP contribution in [0.4, 0.5) is 0 Å². The van der Waals surface area contributed by atoms with Gasteiger partial charge in [0.15, 0.2) is 5.78 Å². The average Bonchev–Trinajstić information content (AvgIpc) is 3.03. The Hall–Kier alpha value is -4.07. The highest BCUT2D eigenvalue weighted by Gasteiger charge is 2.22.